The maximum atomic E-state index is 13.1. The molecule has 1 aliphatic rings. The monoisotopic (exact) mass is 377 g/mol. The van der Waals surface area contributed by atoms with Gasteiger partial charge in [-0.3, -0.25) is 9.69 Å². The smallest absolute Gasteiger partial charge is 0.407 e. The Morgan fingerprint density at radius 1 is 1.15 bits per heavy atom. The number of carbonyl (C=O) groups excluding carboxylic acids is 3. The second kappa shape index (κ2) is 9.36. The number of hydrogen-bond acceptors (Lipinski definition) is 6. The zero-order valence-electron chi connectivity index (χ0n) is 16.2. The Morgan fingerprint density at radius 2 is 1.81 bits per heavy atom. The molecule has 2 atom stereocenters. The first-order chi connectivity index (χ1) is 12.9. The van der Waals surface area contributed by atoms with Crippen molar-refractivity contribution in [2.24, 2.45) is 5.92 Å². The quantitative estimate of drug-likeness (QED) is 0.750. The Balaban J connectivity index is 2.18. The molecular weight excluding hydrogens is 350 g/mol. The van der Waals surface area contributed by atoms with Gasteiger partial charge in [0.05, 0.1) is 20.9 Å². The molecule has 148 valence electrons. The maximum Gasteiger partial charge on any atom is 0.407 e. The van der Waals surface area contributed by atoms with E-state index in [2.05, 4.69) is 10.1 Å². The Morgan fingerprint density at radius 3 is 2.37 bits per heavy atom. The Hall–Kier alpha value is -2.61. The summed E-state index contributed by atoms with van der Waals surface area (Å²) in [4.78, 5) is 40.4. The number of carbonyl (C=O) groups is 3. The molecule has 0 aliphatic carbocycles. The molecule has 0 aromatic heterocycles. The third kappa shape index (κ3) is 5.19. The first-order valence-electron chi connectivity index (χ1n) is 8.86. The fraction of sp³-hybridized carbons (Fsp3) is 0.526. The van der Waals surface area contributed by atoms with Crippen molar-refractivity contribution in [2.45, 2.75) is 32.5 Å². The summed E-state index contributed by atoms with van der Waals surface area (Å²) < 4.78 is 9.50. The zero-order valence-corrected chi connectivity index (χ0v) is 16.2. The lowest BCUT2D eigenvalue weighted by atomic mass is 10.0. The van der Waals surface area contributed by atoms with Crippen molar-refractivity contribution in [1.82, 2.24) is 15.1 Å². The van der Waals surface area contributed by atoms with E-state index in [1.165, 1.54) is 19.1 Å². The average molecular weight is 377 g/mol. The summed E-state index contributed by atoms with van der Waals surface area (Å²) in [6.07, 6.45) is -0.683. The number of methoxy groups -OCH3 is 2. The molecule has 0 bridgehead atoms. The van der Waals surface area contributed by atoms with Crippen LogP contribution in [-0.2, 0) is 25.6 Å². The predicted molar refractivity (Wildman–Crippen MR) is 98.5 cm³/mol. The van der Waals surface area contributed by atoms with Crippen LogP contribution in [0.3, 0.4) is 0 Å². The maximum absolute atomic E-state index is 13.1. The van der Waals surface area contributed by atoms with E-state index < -0.39 is 24.1 Å². The summed E-state index contributed by atoms with van der Waals surface area (Å²) in [5.74, 6) is -0.973. The lowest BCUT2D eigenvalue weighted by molar-refractivity contribution is -0.151. The molecule has 1 N–H and O–H groups in total. The summed E-state index contributed by atoms with van der Waals surface area (Å²) >= 11 is 0. The van der Waals surface area contributed by atoms with Crippen LogP contribution in [0.4, 0.5) is 4.79 Å². The molecular formula is C19H27N3O5. The van der Waals surface area contributed by atoms with Gasteiger partial charge in [0.1, 0.15) is 12.1 Å². The predicted octanol–water partition coefficient (Wildman–Crippen LogP) is 1.21. The summed E-state index contributed by atoms with van der Waals surface area (Å²) in [7, 11) is 2.55. The zero-order chi connectivity index (χ0) is 20.0. The largest absolute Gasteiger partial charge is 0.467 e. The van der Waals surface area contributed by atoms with Crippen LogP contribution in [0.1, 0.15) is 19.4 Å². The number of nitrogens with zero attached hydrogens (tertiary/aromatic N) is 2. The minimum absolute atomic E-state index is 0.168. The Kier molecular flexibility index (Phi) is 7.18. The number of esters is 1. The number of alkyl carbamates (subject to hydrolysis) is 1. The highest BCUT2D eigenvalue weighted by Gasteiger charge is 2.42. The fourth-order valence-electron chi connectivity index (χ4n) is 3.11. The van der Waals surface area contributed by atoms with Crippen LogP contribution in [0.5, 0.6) is 0 Å². The van der Waals surface area contributed by atoms with Crippen LogP contribution in [-0.4, -0.2) is 67.3 Å². The Labute approximate surface area is 159 Å². The normalized spacial score (nSPS) is 18.3. The second-order valence-corrected chi connectivity index (χ2v) is 6.84. The highest BCUT2D eigenvalue weighted by atomic mass is 16.5. The first-order valence-corrected chi connectivity index (χ1v) is 8.86. The number of nitrogens with one attached hydrogen (secondary N) is 1. The molecule has 0 radical (unpaired) electrons. The molecule has 1 fully saturated rings. The topological polar surface area (TPSA) is 88.2 Å². The van der Waals surface area contributed by atoms with Gasteiger partial charge in [0.15, 0.2) is 0 Å². The molecule has 27 heavy (non-hydrogen) atoms. The van der Waals surface area contributed by atoms with Crippen molar-refractivity contribution in [3.63, 3.8) is 0 Å². The third-order valence-electron chi connectivity index (χ3n) is 4.56. The lowest BCUT2D eigenvalue weighted by Crippen LogP contribution is -2.54. The summed E-state index contributed by atoms with van der Waals surface area (Å²) in [5.41, 5.74) is 1.09. The number of hydrogen-bond donors (Lipinski definition) is 1. The standard InChI is InChI=1S/C19H27N3O5/c1-13(2)16(20-19(25)27-4)17(23)22-12-21(11-15(22)18(24)26-3)10-14-8-6-5-7-9-14/h5-9,13,15-16H,10-12H2,1-4H3,(H,20,25)/t15-,16-/m0/s1. The van der Waals surface area contributed by atoms with Crippen molar-refractivity contribution < 1.29 is 23.9 Å². The average Bonchev–Trinajstić information content (AvgIpc) is 3.09. The van der Waals surface area contributed by atoms with Crippen molar-refractivity contribution >= 4 is 18.0 Å². The van der Waals surface area contributed by atoms with E-state index >= 15 is 0 Å². The molecule has 2 amide bonds. The third-order valence-corrected chi connectivity index (χ3v) is 4.56. The minimum atomic E-state index is -0.790. The van der Waals surface area contributed by atoms with Gasteiger partial charge in [-0.2, -0.15) is 0 Å². The Bertz CT molecular complexity index is 665. The molecule has 0 unspecified atom stereocenters. The molecule has 1 heterocycles. The van der Waals surface area contributed by atoms with Gasteiger partial charge in [-0.15, -0.1) is 0 Å². The highest BCUT2D eigenvalue weighted by Crippen LogP contribution is 2.20. The molecule has 1 aromatic carbocycles. The van der Waals surface area contributed by atoms with E-state index in [0.29, 0.717) is 13.1 Å². The molecule has 8 heteroatoms. The van der Waals surface area contributed by atoms with Crippen LogP contribution in [0.2, 0.25) is 0 Å². The van der Waals surface area contributed by atoms with Crippen LogP contribution >= 0.6 is 0 Å². The molecule has 0 saturated carbocycles. The van der Waals surface area contributed by atoms with Gasteiger partial charge in [0.2, 0.25) is 5.91 Å². The van der Waals surface area contributed by atoms with E-state index in [1.54, 1.807) is 0 Å². The van der Waals surface area contributed by atoms with Crippen molar-refractivity contribution in [3.8, 4) is 0 Å². The van der Waals surface area contributed by atoms with Gasteiger partial charge in [0, 0.05) is 13.1 Å². The van der Waals surface area contributed by atoms with E-state index in [4.69, 9.17) is 4.74 Å². The molecule has 1 aromatic rings. The summed E-state index contributed by atoms with van der Waals surface area (Å²) in [6, 6.07) is 8.31. The number of benzene rings is 1. The van der Waals surface area contributed by atoms with Gasteiger partial charge in [-0.05, 0) is 11.5 Å². The first kappa shape index (κ1) is 20.7. The van der Waals surface area contributed by atoms with Crippen molar-refractivity contribution in [3.05, 3.63) is 35.9 Å². The van der Waals surface area contributed by atoms with Crippen molar-refractivity contribution in [2.75, 3.05) is 27.4 Å². The summed E-state index contributed by atoms with van der Waals surface area (Å²) in [5, 5.41) is 2.56. The van der Waals surface area contributed by atoms with Gasteiger partial charge in [0.25, 0.3) is 0 Å². The molecule has 2 rings (SSSR count). The second-order valence-electron chi connectivity index (χ2n) is 6.84. The van der Waals surface area contributed by atoms with Gasteiger partial charge >= 0.3 is 12.1 Å². The minimum Gasteiger partial charge on any atom is -0.467 e. The molecule has 8 nitrogen and oxygen atoms in total. The van der Waals surface area contributed by atoms with E-state index in [9.17, 15) is 14.4 Å². The van der Waals surface area contributed by atoms with E-state index in [-0.39, 0.29) is 18.5 Å². The van der Waals surface area contributed by atoms with E-state index in [0.717, 1.165) is 5.56 Å². The molecule has 1 aliphatic heterocycles. The number of ether oxygens (including phenoxy) is 2. The van der Waals surface area contributed by atoms with Crippen LogP contribution < -0.4 is 5.32 Å². The number of rotatable bonds is 6. The SMILES string of the molecule is COC(=O)N[C@H](C(=O)N1CN(Cc2ccccc2)C[C@H]1C(=O)OC)C(C)C. The van der Waals surface area contributed by atoms with Crippen LogP contribution in [0.15, 0.2) is 30.3 Å². The van der Waals surface area contributed by atoms with Gasteiger partial charge in [-0.25, -0.2) is 9.59 Å². The molecule has 1 saturated heterocycles. The van der Waals surface area contributed by atoms with E-state index in [1.807, 2.05) is 49.1 Å². The summed E-state index contributed by atoms with van der Waals surface area (Å²) in [6.45, 7) is 4.90. The van der Waals surface area contributed by atoms with Gasteiger partial charge in [-0.1, -0.05) is 44.2 Å². The fourth-order valence-corrected chi connectivity index (χ4v) is 3.11. The lowest BCUT2D eigenvalue weighted by Gasteiger charge is -2.29. The van der Waals surface area contributed by atoms with Crippen LogP contribution in [0.25, 0.3) is 0 Å². The van der Waals surface area contributed by atoms with Crippen LogP contribution in [0, 0.1) is 5.92 Å². The van der Waals surface area contributed by atoms with Gasteiger partial charge < -0.3 is 19.7 Å². The number of amides is 2. The highest BCUT2D eigenvalue weighted by molar-refractivity contribution is 5.90. The van der Waals surface area contributed by atoms with Crippen molar-refractivity contribution in [1.29, 1.82) is 0 Å². The molecule has 0 spiro atoms.